The predicted molar refractivity (Wildman–Crippen MR) is 116 cm³/mol. The second kappa shape index (κ2) is 10.4. The highest BCUT2D eigenvalue weighted by Crippen LogP contribution is 2.22. The molecule has 1 N–H and O–H groups in total. The van der Waals surface area contributed by atoms with Gasteiger partial charge in [-0.1, -0.05) is 30.3 Å². The van der Waals surface area contributed by atoms with Crippen molar-refractivity contribution in [3.8, 4) is 0 Å². The van der Waals surface area contributed by atoms with E-state index in [1.807, 2.05) is 30.3 Å². The molecular weight excluding hydrogens is 420 g/mol. The Kier molecular flexibility index (Phi) is 7.39. The normalized spacial score (nSPS) is 10.5. The van der Waals surface area contributed by atoms with Crippen LogP contribution in [0.4, 0.5) is 11.4 Å². The van der Waals surface area contributed by atoms with Crippen molar-refractivity contribution in [2.45, 2.75) is 17.9 Å². The number of non-ortho nitro benzene ring substituents is 1. The zero-order valence-electron chi connectivity index (χ0n) is 16.7. The molecule has 0 aliphatic heterocycles. The number of hydrogen-bond donors (Lipinski definition) is 1. The predicted octanol–water partition coefficient (Wildman–Crippen LogP) is 3.55. The van der Waals surface area contributed by atoms with Gasteiger partial charge >= 0.3 is 5.97 Å². The quantitative estimate of drug-likeness (QED) is 0.234. The van der Waals surface area contributed by atoms with E-state index in [-0.39, 0.29) is 28.7 Å². The molecule has 0 saturated heterocycles. The number of amides is 1. The molecular formula is C21H20N4O5S. The maximum Gasteiger partial charge on any atom is 0.358 e. The van der Waals surface area contributed by atoms with Crippen molar-refractivity contribution in [3.05, 3.63) is 82.2 Å². The fraction of sp³-hybridized carbons (Fsp3) is 0.190. The second-order valence-corrected chi connectivity index (χ2v) is 7.49. The Morgan fingerprint density at radius 1 is 1.16 bits per heavy atom. The number of aromatic nitrogens is 2. The first-order chi connectivity index (χ1) is 15.0. The van der Waals surface area contributed by atoms with E-state index >= 15 is 0 Å². The zero-order valence-corrected chi connectivity index (χ0v) is 17.5. The van der Waals surface area contributed by atoms with E-state index in [1.165, 1.54) is 41.9 Å². The SMILES string of the molecule is COC(=O)c1c(NC(=O)CSc2ccc([N+](=O)[O-])cc2)cnn1CCc1ccccc1. The summed E-state index contributed by atoms with van der Waals surface area (Å²) in [5.41, 5.74) is 1.53. The van der Waals surface area contributed by atoms with E-state index in [0.29, 0.717) is 17.9 Å². The average Bonchev–Trinajstić information content (AvgIpc) is 3.19. The molecule has 0 atom stereocenters. The van der Waals surface area contributed by atoms with Crippen molar-refractivity contribution in [3.63, 3.8) is 0 Å². The molecule has 0 aliphatic rings. The first kappa shape index (κ1) is 22.0. The number of benzene rings is 2. The van der Waals surface area contributed by atoms with Crippen LogP contribution >= 0.6 is 11.8 Å². The number of anilines is 1. The first-order valence-corrected chi connectivity index (χ1v) is 10.3. The fourth-order valence-electron chi connectivity index (χ4n) is 2.84. The summed E-state index contributed by atoms with van der Waals surface area (Å²) in [4.78, 5) is 35.6. The smallest absolute Gasteiger partial charge is 0.358 e. The van der Waals surface area contributed by atoms with Gasteiger partial charge in [-0.15, -0.1) is 11.8 Å². The lowest BCUT2D eigenvalue weighted by Crippen LogP contribution is -2.19. The molecule has 9 nitrogen and oxygen atoms in total. The summed E-state index contributed by atoms with van der Waals surface area (Å²) >= 11 is 1.22. The van der Waals surface area contributed by atoms with Crippen molar-refractivity contribution < 1.29 is 19.2 Å². The molecule has 0 spiro atoms. The van der Waals surface area contributed by atoms with Gasteiger partial charge in [-0.3, -0.25) is 19.6 Å². The number of nitro benzene ring substituents is 1. The van der Waals surface area contributed by atoms with E-state index < -0.39 is 10.9 Å². The van der Waals surface area contributed by atoms with Crippen LogP contribution in [0.1, 0.15) is 16.1 Å². The third kappa shape index (κ3) is 5.92. The lowest BCUT2D eigenvalue weighted by Gasteiger charge is -2.09. The molecule has 0 radical (unpaired) electrons. The van der Waals surface area contributed by atoms with E-state index in [9.17, 15) is 19.7 Å². The van der Waals surface area contributed by atoms with Crippen molar-refractivity contribution in [2.24, 2.45) is 0 Å². The number of methoxy groups -OCH3 is 1. The topological polar surface area (TPSA) is 116 Å². The number of nitro groups is 1. The van der Waals surface area contributed by atoms with Crippen LogP contribution in [0.5, 0.6) is 0 Å². The Hall–Kier alpha value is -3.66. The van der Waals surface area contributed by atoms with Gasteiger partial charge in [-0.2, -0.15) is 5.10 Å². The van der Waals surface area contributed by atoms with Gasteiger partial charge in [0.15, 0.2) is 5.69 Å². The Morgan fingerprint density at radius 3 is 2.52 bits per heavy atom. The molecule has 0 unspecified atom stereocenters. The Bertz CT molecular complexity index is 1070. The van der Waals surface area contributed by atoms with Gasteiger partial charge in [0.2, 0.25) is 5.91 Å². The van der Waals surface area contributed by atoms with Crippen LogP contribution in [0.3, 0.4) is 0 Å². The summed E-state index contributed by atoms with van der Waals surface area (Å²) in [5, 5.41) is 17.6. The summed E-state index contributed by atoms with van der Waals surface area (Å²) in [6.45, 7) is 0.446. The highest BCUT2D eigenvalue weighted by molar-refractivity contribution is 8.00. The van der Waals surface area contributed by atoms with Crippen LogP contribution in [0.25, 0.3) is 0 Å². The number of aryl methyl sites for hydroxylation is 2. The van der Waals surface area contributed by atoms with Crippen molar-refractivity contribution >= 4 is 35.0 Å². The first-order valence-electron chi connectivity index (χ1n) is 9.33. The van der Waals surface area contributed by atoms with Crippen LogP contribution in [0.2, 0.25) is 0 Å². The number of ether oxygens (including phenoxy) is 1. The summed E-state index contributed by atoms with van der Waals surface area (Å²) in [5.74, 6) is -0.867. The summed E-state index contributed by atoms with van der Waals surface area (Å²) in [7, 11) is 1.27. The molecule has 3 aromatic rings. The maximum absolute atomic E-state index is 12.4. The van der Waals surface area contributed by atoms with Crippen LogP contribution in [-0.2, 0) is 22.5 Å². The maximum atomic E-state index is 12.4. The number of hydrogen-bond acceptors (Lipinski definition) is 7. The summed E-state index contributed by atoms with van der Waals surface area (Å²) in [6.07, 6.45) is 2.08. The molecule has 0 fully saturated rings. The van der Waals surface area contributed by atoms with Crippen LogP contribution < -0.4 is 5.32 Å². The molecule has 2 aromatic carbocycles. The van der Waals surface area contributed by atoms with E-state index in [2.05, 4.69) is 10.4 Å². The van der Waals surface area contributed by atoms with Gasteiger partial charge in [-0.25, -0.2) is 4.79 Å². The number of nitrogens with one attached hydrogen (secondary N) is 1. The molecule has 1 amide bonds. The number of nitrogens with zero attached hydrogens (tertiary/aromatic N) is 3. The van der Waals surface area contributed by atoms with E-state index in [1.54, 1.807) is 12.1 Å². The van der Waals surface area contributed by atoms with Gasteiger partial charge in [-0.05, 0) is 24.1 Å². The summed E-state index contributed by atoms with van der Waals surface area (Å²) in [6, 6.07) is 15.7. The lowest BCUT2D eigenvalue weighted by molar-refractivity contribution is -0.384. The lowest BCUT2D eigenvalue weighted by atomic mass is 10.1. The molecule has 0 bridgehead atoms. The minimum absolute atomic E-state index is 0.0144. The van der Waals surface area contributed by atoms with Gasteiger partial charge in [0, 0.05) is 23.6 Å². The van der Waals surface area contributed by atoms with Crippen LogP contribution in [0, 0.1) is 10.1 Å². The molecule has 0 saturated carbocycles. The largest absolute Gasteiger partial charge is 0.464 e. The monoisotopic (exact) mass is 440 g/mol. The Balaban J connectivity index is 1.64. The van der Waals surface area contributed by atoms with E-state index in [4.69, 9.17) is 4.74 Å². The standard InChI is InChI=1S/C21H20N4O5S/c1-30-21(27)20-18(13-22-24(20)12-11-15-5-3-2-4-6-15)23-19(26)14-31-17-9-7-16(8-10-17)25(28)29/h2-10,13H,11-12,14H2,1H3,(H,23,26). The Labute approximate surface area is 182 Å². The second-order valence-electron chi connectivity index (χ2n) is 6.45. The third-order valence-corrected chi connectivity index (χ3v) is 5.38. The Morgan fingerprint density at radius 2 is 1.87 bits per heavy atom. The number of rotatable bonds is 9. The highest BCUT2D eigenvalue weighted by atomic mass is 32.2. The highest BCUT2D eigenvalue weighted by Gasteiger charge is 2.21. The van der Waals surface area contributed by atoms with Crippen molar-refractivity contribution in [1.82, 2.24) is 9.78 Å². The summed E-state index contributed by atoms with van der Waals surface area (Å²) < 4.78 is 6.37. The third-order valence-electron chi connectivity index (χ3n) is 4.36. The minimum atomic E-state index is -0.594. The van der Waals surface area contributed by atoms with Gasteiger partial charge < -0.3 is 10.1 Å². The number of carbonyl (C=O) groups is 2. The van der Waals surface area contributed by atoms with Crippen LogP contribution in [0.15, 0.2) is 65.7 Å². The fourth-order valence-corrected chi connectivity index (χ4v) is 3.54. The molecule has 0 aliphatic carbocycles. The molecule has 1 aromatic heterocycles. The number of esters is 1. The van der Waals surface area contributed by atoms with Gasteiger partial charge in [0.05, 0.1) is 29.7 Å². The average molecular weight is 440 g/mol. The molecule has 1 heterocycles. The van der Waals surface area contributed by atoms with Crippen molar-refractivity contribution in [1.29, 1.82) is 0 Å². The molecule has 3 rings (SSSR count). The van der Waals surface area contributed by atoms with Crippen LogP contribution in [-0.4, -0.2) is 39.4 Å². The molecule has 10 heteroatoms. The number of thioether (sulfide) groups is 1. The van der Waals surface area contributed by atoms with Crippen molar-refractivity contribution in [2.75, 3.05) is 18.2 Å². The molecule has 31 heavy (non-hydrogen) atoms. The van der Waals surface area contributed by atoms with Gasteiger partial charge in [0.1, 0.15) is 0 Å². The van der Waals surface area contributed by atoms with Gasteiger partial charge in [0.25, 0.3) is 5.69 Å². The number of carbonyl (C=O) groups excluding carboxylic acids is 2. The zero-order chi connectivity index (χ0) is 22.2. The molecule has 160 valence electrons. The van der Waals surface area contributed by atoms with E-state index in [0.717, 1.165) is 5.56 Å². The minimum Gasteiger partial charge on any atom is -0.464 e.